The summed E-state index contributed by atoms with van der Waals surface area (Å²) in [6.07, 6.45) is 0.246. The molecule has 0 bridgehead atoms. The molecule has 3 aromatic rings. The molecule has 7 heteroatoms. The fourth-order valence-corrected chi connectivity index (χ4v) is 2.65. The average molecular weight is 379 g/mol. The molecule has 0 aliphatic heterocycles. The van der Waals surface area contributed by atoms with Gasteiger partial charge in [-0.2, -0.15) is 0 Å². The molecule has 0 unspecified atom stereocenters. The van der Waals surface area contributed by atoms with Gasteiger partial charge in [-0.25, -0.2) is 4.98 Å². The number of carbonyl (C=O) groups is 2. The summed E-state index contributed by atoms with van der Waals surface area (Å²) < 4.78 is 4.98. The maximum Gasteiger partial charge on any atom is 0.306 e. The Kier molecular flexibility index (Phi) is 6.16. The SMILES string of the molecule is Cc1ccc(CNC(=O)COC(=O)CCc2nc3ccccc3c(=O)[nH]2)cc1. The van der Waals surface area contributed by atoms with Crippen molar-refractivity contribution in [1.29, 1.82) is 0 Å². The highest BCUT2D eigenvalue weighted by Crippen LogP contribution is 2.07. The molecular formula is C21H21N3O4. The number of carbonyl (C=O) groups excluding carboxylic acids is 2. The molecule has 7 nitrogen and oxygen atoms in total. The Hall–Kier alpha value is -3.48. The van der Waals surface area contributed by atoms with Gasteiger partial charge in [0.25, 0.3) is 11.5 Å². The van der Waals surface area contributed by atoms with Gasteiger partial charge in [-0.05, 0) is 24.6 Å². The van der Waals surface area contributed by atoms with E-state index in [2.05, 4.69) is 15.3 Å². The van der Waals surface area contributed by atoms with Crippen molar-refractivity contribution in [2.24, 2.45) is 0 Å². The lowest BCUT2D eigenvalue weighted by Crippen LogP contribution is -2.28. The Balaban J connectivity index is 1.43. The van der Waals surface area contributed by atoms with Gasteiger partial charge in [-0.15, -0.1) is 0 Å². The zero-order valence-electron chi connectivity index (χ0n) is 15.5. The third kappa shape index (κ3) is 5.26. The summed E-state index contributed by atoms with van der Waals surface area (Å²) in [6, 6.07) is 14.8. The van der Waals surface area contributed by atoms with Crippen LogP contribution in [0.25, 0.3) is 10.9 Å². The lowest BCUT2D eigenvalue weighted by molar-refractivity contribution is -0.148. The first kappa shape index (κ1) is 19.3. The number of amides is 1. The molecule has 2 N–H and O–H groups in total. The van der Waals surface area contributed by atoms with E-state index in [1.54, 1.807) is 24.3 Å². The summed E-state index contributed by atoms with van der Waals surface area (Å²) in [5, 5.41) is 3.20. The molecule has 0 saturated carbocycles. The number of ether oxygens (including phenoxy) is 1. The summed E-state index contributed by atoms with van der Waals surface area (Å²) in [7, 11) is 0. The number of rotatable bonds is 7. The van der Waals surface area contributed by atoms with Crippen LogP contribution < -0.4 is 10.9 Å². The molecule has 144 valence electrons. The standard InChI is InChI=1S/C21H21N3O4/c1-14-6-8-15(9-7-14)12-22-19(25)13-28-20(26)11-10-18-23-17-5-3-2-4-16(17)21(27)24-18/h2-9H,10-13H2,1H3,(H,22,25)(H,23,24,27). The zero-order chi connectivity index (χ0) is 19.9. The van der Waals surface area contributed by atoms with E-state index < -0.39 is 5.97 Å². The van der Waals surface area contributed by atoms with E-state index in [-0.39, 0.29) is 30.9 Å². The van der Waals surface area contributed by atoms with Crippen LogP contribution in [-0.2, 0) is 27.3 Å². The first-order valence-electron chi connectivity index (χ1n) is 8.97. The van der Waals surface area contributed by atoms with Gasteiger partial charge in [0.05, 0.1) is 17.3 Å². The normalized spacial score (nSPS) is 10.6. The van der Waals surface area contributed by atoms with E-state index in [4.69, 9.17) is 4.74 Å². The lowest BCUT2D eigenvalue weighted by atomic mass is 10.1. The number of hydrogen-bond acceptors (Lipinski definition) is 5. The van der Waals surface area contributed by atoms with Gasteiger partial charge in [0, 0.05) is 13.0 Å². The minimum atomic E-state index is -0.527. The molecule has 28 heavy (non-hydrogen) atoms. The number of para-hydroxylation sites is 1. The monoisotopic (exact) mass is 379 g/mol. The fraction of sp³-hybridized carbons (Fsp3) is 0.238. The van der Waals surface area contributed by atoms with Gasteiger partial charge in [0.15, 0.2) is 6.61 Å². The molecule has 0 fully saturated rings. The molecule has 0 aliphatic rings. The van der Waals surface area contributed by atoms with Crippen molar-refractivity contribution in [2.45, 2.75) is 26.3 Å². The number of aromatic amines is 1. The van der Waals surface area contributed by atoms with Crippen LogP contribution >= 0.6 is 0 Å². The Morgan fingerprint density at radius 3 is 2.64 bits per heavy atom. The van der Waals surface area contributed by atoms with Gasteiger partial charge >= 0.3 is 5.97 Å². The first-order valence-corrected chi connectivity index (χ1v) is 8.97. The molecule has 0 atom stereocenters. The van der Waals surface area contributed by atoms with Crippen molar-refractivity contribution in [2.75, 3.05) is 6.61 Å². The van der Waals surface area contributed by atoms with Crippen molar-refractivity contribution in [3.05, 3.63) is 75.8 Å². The highest BCUT2D eigenvalue weighted by Gasteiger charge is 2.10. The second-order valence-electron chi connectivity index (χ2n) is 6.45. The summed E-state index contributed by atoms with van der Waals surface area (Å²) in [6.45, 7) is 2.02. The molecule has 0 saturated heterocycles. The van der Waals surface area contributed by atoms with Crippen LogP contribution in [0, 0.1) is 6.92 Å². The van der Waals surface area contributed by atoms with Gasteiger partial charge in [0.2, 0.25) is 0 Å². The van der Waals surface area contributed by atoms with Crippen LogP contribution in [0.15, 0.2) is 53.3 Å². The minimum absolute atomic E-state index is 0.0204. The number of fused-ring (bicyclic) bond motifs is 1. The highest BCUT2D eigenvalue weighted by molar-refractivity contribution is 5.80. The van der Waals surface area contributed by atoms with Crippen LogP contribution in [0.5, 0.6) is 0 Å². The number of aryl methyl sites for hydroxylation is 2. The Labute approximate surface area is 161 Å². The van der Waals surface area contributed by atoms with Crippen LogP contribution in [0.4, 0.5) is 0 Å². The van der Waals surface area contributed by atoms with E-state index in [1.165, 1.54) is 0 Å². The van der Waals surface area contributed by atoms with E-state index in [0.29, 0.717) is 23.3 Å². The molecule has 0 aliphatic carbocycles. The average Bonchev–Trinajstić information content (AvgIpc) is 2.70. The zero-order valence-corrected chi connectivity index (χ0v) is 15.5. The third-order valence-corrected chi connectivity index (χ3v) is 4.20. The molecule has 2 aromatic carbocycles. The van der Waals surface area contributed by atoms with E-state index in [0.717, 1.165) is 11.1 Å². The van der Waals surface area contributed by atoms with Crippen LogP contribution in [0.2, 0.25) is 0 Å². The predicted molar refractivity (Wildman–Crippen MR) is 105 cm³/mol. The summed E-state index contributed by atoms with van der Waals surface area (Å²) in [4.78, 5) is 42.7. The maximum absolute atomic E-state index is 12.0. The smallest absolute Gasteiger partial charge is 0.306 e. The largest absolute Gasteiger partial charge is 0.456 e. The van der Waals surface area contributed by atoms with Crippen molar-refractivity contribution in [3.8, 4) is 0 Å². The Morgan fingerprint density at radius 1 is 1.11 bits per heavy atom. The highest BCUT2D eigenvalue weighted by atomic mass is 16.5. The number of esters is 1. The van der Waals surface area contributed by atoms with E-state index >= 15 is 0 Å². The van der Waals surface area contributed by atoms with Crippen molar-refractivity contribution < 1.29 is 14.3 Å². The molecular weight excluding hydrogens is 358 g/mol. The van der Waals surface area contributed by atoms with Crippen molar-refractivity contribution >= 4 is 22.8 Å². The topological polar surface area (TPSA) is 101 Å². The van der Waals surface area contributed by atoms with Gasteiger partial charge in [0.1, 0.15) is 5.82 Å². The predicted octanol–water partition coefficient (Wildman–Crippen LogP) is 2.02. The molecule has 1 heterocycles. The second-order valence-corrected chi connectivity index (χ2v) is 6.45. The van der Waals surface area contributed by atoms with Gasteiger partial charge in [-0.3, -0.25) is 14.4 Å². The molecule has 1 aromatic heterocycles. The lowest BCUT2D eigenvalue weighted by Gasteiger charge is -2.07. The molecule has 0 radical (unpaired) electrons. The van der Waals surface area contributed by atoms with E-state index in [1.807, 2.05) is 31.2 Å². The molecule has 1 amide bonds. The van der Waals surface area contributed by atoms with Gasteiger partial charge < -0.3 is 15.0 Å². The van der Waals surface area contributed by atoms with E-state index in [9.17, 15) is 14.4 Å². The van der Waals surface area contributed by atoms with Crippen molar-refractivity contribution in [1.82, 2.24) is 15.3 Å². The quantitative estimate of drug-likeness (QED) is 0.612. The number of benzene rings is 2. The van der Waals surface area contributed by atoms with Gasteiger partial charge in [-0.1, -0.05) is 42.0 Å². The Morgan fingerprint density at radius 2 is 1.86 bits per heavy atom. The van der Waals surface area contributed by atoms with Crippen molar-refractivity contribution in [3.63, 3.8) is 0 Å². The summed E-state index contributed by atoms with van der Waals surface area (Å²) in [5.74, 6) is -0.489. The number of hydrogen-bond donors (Lipinski definition) is 2. The second kappa shape index (κ2) is 8.94. The third-order valence-electron chi connectivity index (χ3n) is 4.20. The molecule has 3 rings (SSSR count). The number of nitrogens with zero attached hydrogens (tertiary/aromatic N) is 1. The van der Waals surface area contributed by atoms with Crippen LogP contribution in [0.1, 0.15) is 23.4 Å². The number of aromatic nitrogens is 2. The minimum Gasteiger partial charge on any atom is -0.456 e. The number of H-pyrrole nitrogens is 1. The first-order chi connectivity index (χ1) is 13.5. The number of nitrogens with one attached hydrogen (secondary N) is 2. The maximum atomic E-state index is 12.0. The summed E-state index contributed by atoms with van der Waals surface area (Å²) >= 11 is 0. The fourth-order valence-electron chi connectivity index (χ4n) is 2.65. The van der Waals surface area contributed by atoms with Crippen LogP contribution in [-0.4, -0.2) is 28.5 Å². The Bertz CT molecular complexity index is 1040. The molecule has 0 spiro atoms. The van der Waals surface area contributed by atoms with Crippen LogP contribution in [0.3, 0.4) is 0 Å². The summed E-state index contributed by atoms with van der Waals surface area (Å²) in [5.41, 5.74) is 2.44.